The lowest BCUT2D eigenvalue weighted by atomic mass is 9.85. The Kier molecular flexibility index (Phi) is 9.38. The Morgan fingerprint density at radius 2 is 1.83 bits per heavy atom. The van der Waals surface area contributed by atoms with Crippen LogP contribution in [0.4, 0.5) is 0 Å². The molecule has 2 fully saturated rings. The molecular weight excluding hydrogens is 368 g/mol. The third kappa shape index (κ3) is 8.23. The van der Waals surface area contributed by atoms with E-state index in [1.54, 1.807) is 0 Å². The van der Waals surface area contributed by atoms with Crippen LogP contribution in [-0.4, -0.2) is 39.3 Å². The average molecular weight is 409 g/mol. The third-order valence-corrected chi connectivity index (χ3v) is 6.56. The van der Waals surface area contributed by atoms with Crippen molar-refractivity contribution in [3.8, 4) is 0 Å². The second-order valence-corrected chi connectivity index (χ2v) is 9.30. The maximum absolute atomic E-state index is 10.8. The standard InChI is InChI=1S/C24H40O5/c1-17(2)10-8-6-4-5-7-9-11-19-13-12-18(3)20(19)16-22-21(29-22)14-15-24(27,28)23(25)26/h10,19-22,27-28H,3-9,11-16H2,1-2H3,(H,25,26)/t19-,20-,21?,22+/m0/s1. The van der Waals surface area contributed by atoms with E-state index in [1.807, 2.05) is 0 Å². The molecule has 4 atom stereocenters. The molecular formula is C24H40O5. The number of carboxylic acids is 1. The number of epoxide rings is 1. The molecule has 0 aromatic heterocycles. The molecule has 1 saturated heterocycles. The average Bonchev–Trinajstić information content (AvgIpc) is 3.31. The molecule has 2 aliphatic rings. The van der Waals surface area contributed by atoms with Gasteiger partial charge in [-0.25, -0.2) is 4.79 Å². The van der Waals surface area contributed by atoms with Gasteiger partial charge in [0.05, 0.1) is 12.2 Å². The Hall–Kier alpha value is -1.17. The van der Waals surface area contributed by atoms with Gasteiger partial charge >= 0.3 is 5.97 Å². The quantitative estimate of drug-likeness (QED) is 0.163. The van der Waals surface area contributed by atoms with E-state index < -0.39 is 11.8 Å². The first-order valence-electron chi connectivity index (χ1n) is 11.4. The van der Waals surface area contributed by atoms with E-state index in [2.05, 4.69) is 26.5 Å². The zero-order valence-corrected chi connectivity index (χ0v) is 18.2. The Labute approximate surface area is 175 Å². The van der Waals surface area contributed by atoms with Crippen molar-refractivity contribution in [2.24, 2.45) is 11.8 Å². The van der Waals surface area contributed by atoms with Gasteiger partial charge in [-0.3, -0.25) is 0 Å². The summed E-state index contributed by atoms with van der Waals surface area (Å²) in [5, 5.41) is 27.6. The van der Waals surface area contributed by atoms with Crippen LogP contribution in [0.3, 0.4) is 0 Å². The molecule has 1 aliphatic heterocycles. The molecule has 3 N–H and O–H groups in total. The van der Waals surface area contributed by atoms with Crippen LogP contribution in [0.1, 0.15) is 90.9 Å². The predicted octanol–water partition coefficient (Wildman–Crippen LogP) is 4.97. The summed E-state index contributed by atoms with van der Waals surface area (Å²) in [5.74, 6) is -3.07. The van der Waals surface area contributed by atoms with Crippen LogP contribution < -0.4 is 0 Å². The number of aliphatic carboxylic acids is 1. The van der Waals surface area contributed by atoms with Crippen molar-refractivity contribution in [3.05, 3.63) is 23.8 Å². The van der Waals surface area contributed by atoms with Gasteiger partial charge in [0.2, 0.25) is 0 Å². The van der Waals surface area contributed by atoms with Crippen LogP contribution in [-0.2, 0) is 9.53 Å². The monoisotopic (exact) mass is 408 g/mol. The zero-order chi connectivity index (χ0) is 21.4. The maximum Gasteiger partial charge on any atom is 0.364 e. The lowest BCUT2D eigenvalue weighted by molar-refractivity contribution is -0.205. The van der Waals surface area contributed by atoms with Gasteiger partial charge in [-0.2, -0.15) is 0 Å². The number of ether oxygens (including phenoxy) is 1. The highest BCUT2D eigenvalue weighted by Crippen LogP contribution is 2.45. The van der Waals surface area contributed by atoms with Gasteiger partial charge in [-0.05, 0) is 70.6 Å². The molecule has 1 unspecified atom stereocenters. The van der Waals surface area contributed by atoms with E-state index in [4.69, 9.17) is 9.84 Å². The highest BCUT2D eigenvalue weighted by Gasteiger charge is 2.45. The fourth-order valence-electron chi connectivity index (χ4n) is 4.61. The first kappa shape index (κ1) is 24.1. The number of hydrogen-bond donors (Lipinski definition) is 3. The van der Waals surface area contributed by atoms with Gasteiger partial charge in [-0.15, -0.1) is 0 Å². The molecule has 0 bridgehead atoms. The van der Waals surface area contributed by atoms with Crippen molar-refractivity contribution in [3.63, 3.8) is 0 Å². The van der Waals surface area contributed by atoms with Gasteiger partial charge in [-0.1, -0.05) is 49.5 Å². The highest BCUT2D eigenvalue weighted by molar-refractivity contribution is 5.74. The first-order chi connectivity index (χ1) is 13.7. The summed E-state index contributed by atoms with van der Waals surface area (Å²) < 4.78 is 5.69. The van der Waals surface area contributed by atoms with Crippen LogP contribution in [0.15, 0.2) is 23.8 Å². The molecule has 0 spiro atoms. The molecule has 5 heteroatoms. The smallest absolute Gasteiger partial charge is 0.364 e. The summed E-state index contributed by atoms with van der Waals surface area (Å²) in [4.78, 5) is 10.8. The molecule has 1 heterocycles. The Bertz CT molecular complexity index is 576. The molecule has 1 aliphatic carbocycles. The largest absolute Gasteiger partial charge is 0.477 e. The van der Waals surface area contributed by atoms with Crippen LogP contribution in [0, 0.1) is 11.8 Å². The fourth-order valence-corrected chi connectivity index (χ4v) is 4.61. The van der Waals surface area contributed by atoms with E-state index >= 15 is 0 Å². The van der Waals surface area contributed by atoms with E-state index in [0.717, 1.165) is 12.8 Å². The number of hydrogen-bond acceptors (Lipinski definition) is 4. The Balaban J connectivity index is 1.62. The molecule has 2 rings (SSSR count). The molecule has 5 nitrogen and oxygen atoms in total. The first-order valence-corrected chi connectivity index (χ1v) is 11.4. The van der Waals surface area contributed by atoms with Gasteiger partial charge in [0, 0.05) is 6.42 Å². The van der Waals surface area contributed by atoms with E-state index in [0.29, 0.717) is 18.3 Å². The maximum atomic E-state index is 10.8. The zero-order valence-electron chi connectivity index (χ0n) is 18.2. The lowest BCUT2D eigenvalue weighted by Crippen LogP contribution is -2.38. The highest BCUT2D eigenvalue weighted by atomic mass is 16.6. The van der Waals surface area contributed by atoms with Crippen LogP contribution in [0.2, 0.25) is 0 Å². The van der Waals surface area contributed by atoms with Crippen LogP contribution >= 0.6 is 0 Å². The van der Waals surface area contributed by atoms with Gasteiger partial charge in [0.15, 0.2) is 0 Å². The molecule has 0 aromatic rings. The van der Waals surface area contributed by atoms with Crippen molar-refractivity contribution in [2.75, 3.05) is 0 Å². The van der Waals surface area contributed by atoms with E-state index in [1.165, 1.54) is 62.5 Å². The fraction of sp³-hybridized carbons (Fsp3) is 0.792. The predicted molar refractivity (Wildman–Crippen MR) is 114 cm³/mol. The van der Waals surface area contributed by atoms with Crippen molar-refractivity contribution in [1.82, 2.24) is 0 Å². The third-order valence-electron chi connectivity index (χ3n) is 6.56. The van der Waals surface area contributed by atoms with Crippen molar-refractivity contribution in [1.29, 1.82) is 0 Å². The molecule has 166 valence electrons. The minimum atomic E-state index is -2.65. The summed E-state index contributed by atoms with van der Waals surface area (Å²) in [6.45, 7) is 8.59. The minimum absolute atomic E-state index is 0.0529. The van der Waals surface area contributed by atoms with Gasteiger partial charge in [0.25, 0.3) is 5.79 Å². The SMILES string of the molecule is C=C1CC[C@H](CCCCCCCC=C(C)C)[C@H]1C[C@H]1OC1CCC(O)(O)C(=O)O. The molecule has 1 saturated carbocycles. The summed E-state index contributed by atoms with van der Waals surface area (Å²) in [6, 6.07) is 0. The number of aliphatic hydroxyl groups is 2. The summed E-state index contributed by atoms with van der Waals surface area (Å²) in [6.07, 6.45) is 14.8. The number of allylic oxidation sites excluding steroid dienone is 3. The lowest BCUT2D eigenvalue weighted by Gasteiger charge is -2.20. The summed E-state index contributed by atoms with van der Waals surface area (Å²) in [5.41, 5.74) is 2.74. The second-order valence-electron chi connectivity index (χ2n) is 9.30. The van der Waals surface area contributed by atoms with E-state index in [-0.39, 0.29) is 18.6 Å². The van der Waals surface area contributed by atoms with Crippen molar-refractivity contribution < 1.29 is 24.9 Å². The Morgan fingerprint density at radius 1 is 1.14 bits per heavy atom. The van der Waals surface area contributed by atoms with Gasteiger partial charge < -0.3 is 20.1 Å². The topological polar surface area (TPSA) is 90.3 Å². The van der Waals surface area contributed by atoms with Gasteiger partial charge in [0.1, 0.15) is 0 Å². The normalized spacial score (nSPS) is 26.6. The molecule has 29 heavy (non-hydrogen) atoms. The summed E-state index contributed by atoms with van der Waals surface area (Å²) in [7, 11) is 0. The van der Waals surface area contributed by atoms with Crippen LogP contribution in [0.25, 0.3) is 0 Å². The van der Waals surface area contributed by atoms with Crippen LogP contribution in [0.5, 0.6) is 0 Å². The molecule has 0 aromatic carbocycles. The molecule has 0 amide bonds. The Morgan fingerprint density at radius 3 is 2.52 bits per heavy atom. The summed E-state index contributed by atoms with van der Waals surface area (Å²) >= 11 is 0. The molecule has 0 radical (unpaired) electrons. The van der Waals surface area contributed by atoms with E-state index in [9.17, 15) is 15.0 Å². The number of carboxylic acid groups (broad SMARTS) is 1. The number of unbranched alkanes of at least 4 members (excludes halogenated alkanes) is 5. The second kappa shape index (κ2) is 11.3. The number of rotatable bonds is 14. The minimum Gasteiger partial charge on any atom is -0.477 e. The van der Waals surface area contributed by atoms with Crippen molar-refractivity contribution >= 4 is 5.97 Å². The number of carbonyl (C=O) groups is 1. The van der Waals surface area contributed by atoms with Crippen molar-refractivity contribution in [2.45, 2.75) is 109 Å².